The molecule has 0 spiro atoms. The highest BCUT2D eigenvalue weighted by Crippen LogP contribution is 2.22. The van der Waals surface area contributed by atoms with Crippen molar-refractivity contribution in [3.63, 3.8) is 0 Å². The van der Waals surface area contributed by atoms with Gasteiger partial charge in [0.25, 0.3) is 0 Å². The number of phenolic OH excluding ortho intramolecular Hbond substituents is 1. The first-order valence-corrected chi connectivity index (χ1v) is 10.2. The third kappa shape index (κ3) is 5.54. The summed E-state index contributed by atoms with van der Waals surface area (Å²) in [5.74, 6) is 0.555. The lowest BCUT2D eigenvalue weighted by Crippen LogP contribution is -2.29. The number of phenols is 1. The zero-order valence-corrected chi connectivity index (χ0v) is 17.0. The van der Waals surface area contributed by atoms with E-state index in [9.17, 15) is 9.90 Å². The maximum Gasteiger partial charge on any atom is 0.320 e. The summed E-state index contributed by atoms with van der Waals surface area (Å²) in [5, 5.41) is 15.3. The molecule has 156 valence electrons. The normalized spacial score (nSPS) is 10.7. The Kier molecular flexibility index (Phi) is 6.32. The number of unbranched alkanes of at least 4 members (excludes halogenated alkanes) is 1. The predicted molar refractivity (Wildman–Crippen MR) is 121 cm³/mol. The Bertz CT molecular complexity index is 1180. The van der Waals surface area contributed by atoms with Gasteiger partial charge in [-0.1, -0.05) is 42.5 Å². The summed E-state index contributed by atoms with van der Waals surface area (Å²) in [4.78, 5) is 25.5. The lowest BCUT2D eigenvalue weighted by atomic mass is 10.1. The van der Waals surface area contributed by atoms with E-state index in [1.54, 1.807) is 36.5 Å². The molecule has 4 aromatic rings. The van der Waals surface area contributed by atoms with Gasteiger partial charge < -0.3 is 10.4 Å². The van der Waals surface area contributed by atoms with Crippen molar-refractivity contribution in [1.82, 2.24) is 20.3 Å². The number of fused-ring (bicyclic) bond motifs is 1. The zero-order valence-electron chi connectivity index (χ0n) is 17.0. The first-order chi connectivity index (χ1) is 15.2. The number of carbonyl (C=O) groups excluding carboxylic acids is 1. The SMILES string of the molecule is O=C(NCCCCc1ccccc1)Nc1ccc2ncc(-c3cccc(O)c3)nc2n1. The molecule has 3 N–H and O–H groups in total. The molecule has 0 aliphatic carbocycles. The minimum atomic E-state index is -0.302. The topological polar surface area (TPSA) is 100 Å². The second-order valence-corrected chi connectivity index (χ2v) is 7.17. The molecule has 0 saturated carbocycles. The molecule has 4 rings (SSSR count). The van der Waals surface area contributed by atoms with Crippen LogP contribution in [0.15, 0.2) is 72.9 Å². The van der Waals surface area contributed by atoms with Crippen LogP contribution in [-0.2, 0) is 6.42 Å². The molecular formula is C24H23N5O2. The highest BCUT2D eigenvalue weighted by Gasteiger charge is 2.08. The standard InChI is InChI=1S/C24H23N5O2/c30-19-11-6-10-18(15-19)21-16-26-20-12-13-22(28-23(20)27-21)29-24(31)25-14-5-4-9-17-7-2-1-3-8-17/h1-3,6-8,10-13,15-16,30H,4-5,9,14H2,(H2,25,27,28,29,31). The number of benzene rings is 2. The van der Waals surface area contributed by atoms with Crippen LogP contribution in [0.4, 0.5) is 10.6 Å². The van der Waals surface area contributed by atoms with Crippen molar-refractivity contribution in [2.24, 2.45) is 0 Å². The van der Waals surface area contributed by atoms with Gasteiger partial charge in [-0.15, -0.1) is 0 Å². The Labute approximate surface area is 180 Å². The van der Waals surface area contributed by atoms with Gasteiger partial charge >= 0.3 is 6.03 Å². The smallest absolute Gasteiger partial charge is 0.320 e. The molecule has 2 amide bonds. The van der Waals surface area contributed by atoms with Crippen LogP contribution in [0.5, 0.6) is 5.75 Å². The fraction of sp³-hybridized carbons (Fsp3) is 0.167. The van der Waals surface area contributed by atoms with E-state index >= 15 is 0 Å². The summed E-state index contributed by atoms with van der Waals surface area (Å²) in [6.07, 6.45) is 4.53. The summed E-state index contributed by atoms with van der Waals surface area (Å²) in [5.41, 5.74) is 3.68. The van der Waals surface area contributed by atoms with E-state index < -0.39 is 0 Å². The number of pyridine rings is 1. The number of nitrogens with one attached hydrogen (secondary N) is 2. The average molecular weight is 413 g/mol. The van der Waals surface area contributed by atoms with Crippen LogP contribution in [0.25, 0.3) is 22.4 Å². The van der Waals surface area contributed by atoms with Crippen molar-refractivity contribution >= 4 is 23.0 Å². The Morgan fingerprint density at radius 3 is 2.65 bits per heavy atom. The second-order valence-electron chi connectivity index (χ2n) is 7.17. The molecule has 0 radical (unpaired) electrons. The fourth-order valence-corrected chi connectivity index (χ4v) is 3.23. The lowest BCUT2D eigenvalue weighted by Gasteiger charge is -2.08. The monoisotopic (exact) mass is 413 g/mol. The zero-order chi connectivity index (χ0) is 21.5. The number of hydrogen-bond acceptors (Lipinski definition) is 5. The third-order valence-corrected chi connectivity index (χ3v) is 4.81. The number of amides is 2. The number of anilines is 1. The van der Waals surface area contributed by atoms with E-state index in [-0.39, 0.29) is 11.8 Å². The molecule has 0 aliphatic rings. The maximum absolute atomic E-state index is 12.2. The molecule has 0 aliphatic heterocycles. The summed E-state index contributed by atoms with van der Waals surface area (Å²) in [6.45, 7) is 0.591. The number of carbonyl (C=O) groups is 1. The van der Waals surface area contributed by atoms with E-state index in [2.05, 4.69) is 37.7 Å². The first-order valence-electron chi connectivity index (χ1n) is 10.2. The molecule has 7 nitrogen and oxygen atoms in total. The maximum atomic E-state index is 12.2. The molecule has 31 heavy (non-hydrogen) atoms. The number of aryl methyl sites for hydroxylation is 1. The minimum absolute atomic E-state index is 0.156. The van der Waals surface area contributed by atoms with Gasteiger partial charge in [-0.25, -0.2) is 14.8 Å². The van der Waals surface area contributed by atoms with E-state index in [1.165, 1.54) is 5.56 Å². The lowest BCUT2D eigenvalue weighted by molar-refractivity contribution is 0.252. The summed E-state index contributed by atoms with van der Waals surface area (Å²) in [6, 6.07) is 20.2. The Morgan fingerprint density at radius 2 is 1.81 bits per heavy atom. The van der Waals surface area contributed by atoms with Crippen LogP contribution in [0.2, 0.25) is 0 Å². The van der Waals surface area contributed by atoms with Crippen LogP contribution in [0.1, 0.15) is 18.4 Å². The molecule has 0 fully saturated rings. The molecule has 2 heterocycles. The average Bonchev–Trinajstić information content (AvgIpc) is 2.79. The van der Waals surface area contributed by atoms with Crippen LogP contribution in [0, 0.1) is 0 Å². The molecule has 7 heteroatoms. The van der Waals surface area contributed by atoms with Crippen LogP contribution >= 0.6 is 0 Å². The van der Waals surface area contributed by atoms with Gasteiger partial charge in [0, 0.05) is 12.1 Å². The number of aromatic hydroxyl groups is 1. The highest BCUT2D eigenvalue weighted by molar-refractivity contribution is 5.89. The van der Waals surface area contributed by atoms with Crippen molar-refractivity contribution in [3.8, 4) is 17.0 Å². The summed E-state index contributed by atoms with van der Waals surface area (Å²) >= 11 is 0. The van der Waals surface area contributed by atoms with Crippen LogP contribution < -0.4 is 10.6 Å². The first kappa shape index (κ1) is 20.3. The summed E-state index contributed by atoms with van der Waals surface area (Å²) in [7, 11) is 0. The molecule has 0 unspecified atom stereocenters. The molecule has 2 aromatic carbocycles. The van der Waals surface area contributed by atoms with Gasteiger partial charge in [-0.05, 0) is 49.1 Å². The van der Waals surface area contributed by atoms with Gasteiger partial charge in [0.2, 0.25) is 0 Å². The predicted octanol–water partition coefficient (Wildman–Crippen LogP) is 4.54. The molecule has 0 saturated heterocycles. The molecule has 0 atom stereocenters. The van der Waals surface area contributed by atoms with Gasteiger partial charge in [0.05, 0.1) is 11.9 Å². The Balaban J connectivity index is 1.33. The van der Waals surface area contributed by atoms with Crippen molar-refractivity contribution < 1.29 is 9.90 Å². The Hall–Kier alpha value is -4.00. The van der Waals surface area contributed by atoms with Crippen molar-refractivity contribution in [2.75, 3.05) is 11.9 Å². The summed E-state index contributed by atoms with van der Waals surface area (Å²) < 4.78 is 0. The number of urea groups is 1. The quantitative estimate of drug-likeness (QED) is 0.386. The van der Waals surface area contributed by atoms with Crippen LogP contribution in [0.3, 0.4) is 0 Å². The van der Waals surface area contributed by atoms with Gasteiger partial charge in [-0.3, -0.25) is 10.3 Å². The fourth-order valence-electron chi connectivity index (χ4n) is 3.23. The molecule has 0 bridgehead atoms. The van der Waals surface area contributed by atoms with Crippen molar-refractivity contribution in [3.05, 3.63) is 78.5 Å². The second kappa shape index (κ2) is 9.67. The van der Waals surface area contributed by atoms with Gasteiger partial charge in [0.1, 0.15) is 17.1 Å². The largest absolute Gasteiger partial charge is 0.508 e. The van der Waals surface area contributed by atoms with Crippen molar-refractivity contribution in [1.29, 1.82) is 0 Å². The van der Waals surface area contributed by atoms with Crippen LogP contribution in [-0.4, -0.2) is 32.6 Å². The highest BCUT2D eigenvalue weighted by atomic mass is 16.3. The third-order valence-electron chi connectivity index (χ3n) is 4.81. The van der Waals surface area contributed by atoms with Gasteiger partial charge in [0.15, 0.2) is 5.65 Å². The molecular weight excluding hydrogens is 390 g/mol. The minimum Gasteiger partial charge on any atom is -0.508 e. The molecule has 2 aromatic heterocycles. The Morgan fingerprint density at radius 1 is 0.935 bits per heavy atom. The van der Waals surface area contributed by atoms with Gasteiger partial charge in [-0.2, -0.15) is 0 Å². The van der Waals surface area contributed by atoms with E-state index in [0.29, 0.717) is 29.2 Å². The van der Waals surface area contributed by atoms with E-state index in [0.717, 1.165) is 24.8 Å². The number of aromatic nitrogens is 3. The number of hydrogen-bond donors (Lipinski definition) is 3. The number of rotatable bonds is 7. The van der Waals surface area contributed by atoms with E-state index in [1.807, 2.05) is 24.3 Å². The van der Waals surface area contributed by atoms with E-state index in [4.69, 9.17) is 0 Å². The van der Waals surface area contributed by atoms with Crippen molar-refractivity contribution in [2.45, 2.75) is 19.3 Å². The number of nitrogens with zero attached hydrogens (tertiary/aromatic N) is 3.